The van der Waals surface area contributed by atoms with Gasteiger partial charge in [0.2, 0.25) is 0 Å². The molecule has 0 heterocycles. The summed E-state index contributed by atoms with van der Waals surface area (Å²) >= 11 is 0. The second-order valence-electron chi connectivity index (χ2n) is 11.7. The molecule has 0 amide bonds. The van der Waals surface area contributed by atoms with Gasteiger partial charge in [-0.3, -0.25) is 0 Å². The van der Waals surface area contributed by atoms with Gasteiger partial charge in [-0.1, -0.05) is 76.9 Å². The number of phenols is 1. The van der Waals surface area contributed by atoms with Gasteiger partial charge in [0.15, 0.2) is 0 Å². The van der Waals surface area contributed by atoms with Gasteiger partial charge in [0.1, 0.15) is 5.75 Å². The monoisotopic (exact) mass is 428 g/mol. The molecule has 0 aliphatic heterocycles. The van der Waals surface area contributed by atoms with Gasteiger partial charge in [-0.15, -0.1) is 0 Å². The minimum atomic E-state index is -0.0290. The highest BCUT2D eigenvalue weighted by Crippen LogP contribution is 2.47. The lowest BCUT2D eigenvalue weighted by molar-refractivity contribution is 0.478. The third-order valence-corrected chi connectivity index (χ3v) is 6.37. The molecule has 170 valence electrons. The SMILES string of the molecule is Cc1cc(-c2c(C)cc(C)cc2C(C)(C)C)c(O)c(-c2c(C)cc(C)cc2C(C)(C)C)c1. The van der Waals surface area contributed by atoms with Crippen LogP contribution in [-0.2, 0) is 10.8 Å². The molecule has 0 spiro atoms. The summed E-state index contributed by atoms with van der Waals surface area (Å²) < 4.78 is 0. The van der Waals surface area contributed by atoms with Crippen LogP contribution in [0.2, 0.25) is 0 Å². The number of rotatable bonds is 2. The van der Waals surface area contributed by atoms with Crippen molar-refractivity contribution >= 4 is 0 Å². The van der Waals surface area contributed by atoms with Crippen molar-refractivity contribution in [2.45, 2.75) is 87.0 Å². The van der Waals surface area contributed by atoms with E-state index < -0.39 is 0 Å². The van der Waals surface area contributed by atoms with Gasteiger partial charge in [-0.05, 0) is 96.5 Å². The fraction of sp³-hybridized carbons (Fsp3) is 0.419. The molecule has 0 atom stereocenters. The number of aryl methyl sites for hydroxylation is 5. The van der Waals surface area contributed by atoms with Crippen LogP contribution in [0.3, 0.4) is 0 Å². The summed E-state index contributed by atoms with van der Waals surface area (Å²) in [6, 6.07) is 13.3. The van der Waals surface area contributed by atoms with E-state index in [2.05, 4.69) is 113 Å². The summed E-state index contributed by atoms with van der Waals surface area (Å²) in [7, 11) is 0. The van der Waals surface area contributed by atoms with Gasteiger partial charge in [-0.25, -0.2) is 0 Å². The molecule has 3 rings (SSSR count). The molecule has 1 N–H and O–H groups in total. The standard InChI is InChI=1S/C31H40O/c1-18-12-21(4)27(25(16-18)30(6,7)8)23-14-20(3)15-24(29(23)32)28-22(5)13-19(2)17-26(28)31(9,10)11/h12-17,32H,1-11H3. The van der Waals surface area contributed by atoms with Gasteiger partial charge in [-0.2, -0.15) is 0 Å². The zero-order valence-corrected chi connectivity index (χ0v) is 21.9. The van der Waals surface area contributed by atoms with Crippen LogP contribution in [0.25, 0.3) is 22.3 Å². The first kappa shape index (κ1) is 24.1. The van der Waals surface area contributed by atoms with Crippen LogP contribution >= 0.6 is 0 Å². The van der Waals surface area contributed by atoms with Crippen molar-refractivity contribution in [1.82, 2.24) is 0 Å². The molecule has 0 aliphatic rings. The second kappa shape index (κ2) is 8.10. The fourth-order valence-corrected chi connectivity index (χ4v) is 4.99. The Labute approximate surface area is 195 Å². The first-order valence-corrected chi connectivity index (χ1v) is 11.7. The fourth-order valence-electron chi connectivity index (χ4n) is 4.99. The van der Waals surface area contributed by atoms with Crippen molar-refractivity contribution in [2.24, 2.45) is 0 Å². The van der Waals surface area contributed by atoms with Crippen molar-refractivity contribution in [1.29, 1.82) is 0 Å². The lowest BCUT2D eigenvalue weighted by atomic mass is 9.76. The highest BCUT2D eigenvalue weighted by Gasteiger charge is 2.27. The lowest BCUT2D eigenvalue weighted by Crippen LogP contribution is -2.15. The third kappa shape index (κ3) is 4.49. The Bertz CT molecular complexity index is 1090. The molecule has 1 nitrogen and oxygen atoms in total. The smallest absolute Gasteiger partial charge is 0.131 e. The normalized spacial score (nSPS) is 12.3. The van der Waals surface area contributed by atoms with Gasteiger partial charge >= 0.3 is 0 Å². The quantitative estimate of drug-likeness (QED) is 0.432. The molecule has 32 heavy (non-hydrogen) atoms. The maximum atomic E-state index is 11.8. The number of phenolic OH excluding ortho intramolecular Hbond substituents is 1. The third-order valence-electron chi connectivity index (χ3n) is 6.37. The highest BCUT2D eigenvalue weighted by atomic mass is 16.3. The summed E-state index contributed by atoms with van der Waals surface area (Å²) in [6.07, 6.45) is 0. The Morgan fingerprint density at radius 2 is 0.812 bits per heavy atom. The molecule has 0 aromatic heterocycles. The van der Waals surface area contributed by atoms with E-state index in [1.54, 1.807) is 0 Å². The minimum absolute atomic E-state index is 0.0290. The summed E-state index contributed by atoms with van der Waals surface area (Å²) in [5, 5.41) is 11.8. The van der Waals surface area contributed by atoms with Crippen LogP contribution in [0.5, 0.6) is 5.75 Å². The van der Waals surface area contributed by atoms with Gasteiger partial charge in [0.05, 0.1) is 0 Å². The molecular weight excluding hydrogens is 388 g/mol. The zero-order chi connectivity index (χ0) is 24.2. The first-order valence-electron chi connectivity index (χ1n) is 11.7. The van der Waals surface area contributed by atoms with Crippen molar-refractivity contribution in [3.8, 4) is 28.0 Å². The molecule has 0 saturated heterocycles. The largest absolute Gasteiger partial charge is 0.507 e. The van der Waals surface area contributed by atoms with Crippen LogP contribution in [0.4, 0.5) is 0 Å². The summed E-state index contributed by atoms with van der Waals surface area (Å²) in [6.45, 7) is 24.3. The number of hydrogen-bond donors (Lipinski definition) is 1. The van der Waals surface area contributed by atoms with E-state index >= 15 is 0 Å². The average Bonchev–Trinajstić information content (AvgIpc) is 2.61. The predicted octanol–water partition coefficient (Wildman–Crippen LogP) is 8.86. The Morgan fingerprint density at radius 1 is 0.500 bits per heavy atom. The van der Waals surface area contributed by atoms with Crippen LogP contribution in [0.1, 0.15) is 80.5 Å². The highest BCUT2D eigenvalue weighted by molar-refractivity contribution is 5.88. The average molecular weight is 429 g/mol. The molecule has 0 fully saturated rings. The Balaban J connectivity index is 2.45. The minimum Gasteiger partial charge on any atom is -0.507 e. The lowest BCUT2D eigenvalue weighted by Gasteiger charge is -2.28. The summed E-state index contributed by atoms with van der Waals surface area (Å²) in [4.78, 5) is 0. The maximum absolute atomic E-state index is 11.8. The number of aromatic hydroxyl groups is 1. The van der Waals surface area contributed by atoms with Gasteiger partial charge in [0.25, 0.3) is 0 Å². The molecule has 3 aromatic carbocycles. The molecule has 0 bridgehead atoms. The predicted molar refractivity (Wildman–Crippen MR) is 140 cm³/mol. The Hall–Kier alpha value is -2.54. The molecule has 0 aliphatic carbocycles. The van der Waals surface area contributed by atoms with E-state index in [0.717, 1.165) is 27.8 Å². The van der Waals surface area contributed by atoms with Crippen molar-refractivity contribution < 1.29 is 5.11 Å². The molecule has 0 saturated carbocycles. The molecular formula is C31H40O. The van der Waals surface area contributed by atoms with E-state index in [9.17, 15) is 5.11 Å². The summed E-state index contributed by atoms with van der Waals surface area (Å²) in [5.74, 6) is 0.380. The molecule has 0 unspecified atom stereocenters. The van der Waals surface area contributed by atoms with E-state index in [0.29, 0.717) is 5.75 Å². The van der Waals surface area contributed by atoms with Crippen molar-refractivity contribution in [2.75, 3.05) is 0 Å². The molecule has 3 aromatic rings. The number of benzene rings is 3. The Morgan fingerprint density at radius 3 is 1.12 bits per heavy atom. The van der Waals surface area contributed by atoms with Gasteiger partial charge < -0.3 is 5.11 Å². The van der Waals surface area contributed by atoms with E-state index in [-0.39, 0.29) is 10.8 Å². The van der Waals surface area contributed by atoms with E-state index in [1.165, 1.54) is 33.4 Å². The van der Waals surface area contributed by atoms with Crippen molar-refractivity contribution in [3.63, 3.8) is 0 Å². The van der Waals surface area contributed by atoms with E-state index in [1.807, 2.05) is 0 Å². The van der Waals surface area contributed by atoms with Crippen molar-refractivity contribution in [3.05, 3.63) is 75.3 Å². The molecule has 1 heteroatoms. The maximum Gasteiger partial charge on any atom is 0.131 e. The van der Waals surface area contributed by atoms with Crippen LogP contribution in [0, 0.1) is 34.6 Å². The Kier molecular flexibility index (Phi) is 6.11. The summed E-state index contributed by atoms with van der Waals surface area (Å²) in [5.41, 5.74) is 12.8. The van der Waals surface area contributed by atoms with E-state index in [4.69, 9.17) is 0 Å². The van der Waals surface area contributed by atoms with Crippen LogP contribution in [-0.4, -0.2) is 5.11 Å². The second-order valence-corrected chi connectivity index (χ2v) is 11.7. The first-order chi connectivity index (χ1) is 14.6. The molecule has 0 radical (unpaired) electrons. The number of hydrogen-bond acceptors (Lipinski definition) is 1. The van der Waals surface area contributed by atoms with Crippen LogP contribution in [0.15, 0.2) is 36.4 Å². The van der Waals surface area contributed by atoms with Crippen LogP contribution < -0.4 is 0 Å². The zero-order valence-electron chi connectivity index (χ0n) is 21.9. The topological polar surface area (TPSA) is 20.2 Å². The van der Waals surface area contributed by atoms with Gasteiger partial charge in [0, 0.05) is 11.1 Å².